The van der Waals surface area contributed by atoms with Crippen molar-refractivity contribution in [3.05, 3.63) is 64.6 Å². The molecule has 2 heterocycles. The van der Waals surface area contributed by atoms with E-state index in [1.165, 1.54) is 5.56 Å². The molecule has 0 radical (unpaired) electrons. The summed E-state index contributed by atoms with van der Waals surface area (Å²) in [7, 11) is 0. The van der Waals surface area contributed by atoms with Gasteiger partial charge in [-0.1, -0.05) is 70.2 Å². The van der Waals surface area contributed by atoms with Gasteiger partial charge < -0.3 is 4.57 Å². The lowest BCUT2D eigenvalue weighted by atomic mass is 10.1. The zero-order valence-corrected chi connectivity index (χ0v) is 14.9. The van der Waals surface area contributed by atoms with Gasteiger partial charge in [0, 0.05) is 21.8 Å². The van der Waals surface area contributed by atoms with Crippen molar-refractivity contribution < 1.29 is 0 Å². The molecule has 1 atom stereocenters. The smallest absolute Gasteiger partial charge is 0.192 e. The zero-order chi connectivity index (χ0) is 15.6. The molecular weight excluding hydrogens is 370 g/mol. The van der Waals surface area contributed by atoms with Crippen LogP contribution in [0.5, 0.6) is 0 Å². The number of nitrogens with zero attached hydrogens (tertiary/aromatic N) is 3. The Morgan fingerprint density at radius 3 is 2.57 bits per heavy atom. The van der Waals surface area contributed by atoms with Crippen LogP contribution in [0.3, 0.4) is 0 Å². The van der Waals surface area contributed by atoms with Crippen LogP contribution >= 0.6 is 27.7 Å². The van der Waals surface area contributed by atoms with E-state index in [0.29, 0.717) is 5.25 Å². The van der Waals surface area contributed by atoms with Crippen LogP contribution in [0, 0.1) is 0 Å². The van der Waals surface area contributed by atoms with Crippen molar-refractivity contribution >= 4 is 27.7 Å². The van der Waals surface area contributed by atoms with Crippen LogP contribution in [0.25, 0.3) is 11.4 Å². The maximum absolute atomic E-state index is 4.45. The first-order valence-electron chi connectivity index (χ1n) is 7.72. The second-order valence-corrected chi connectivity index (χ2v) is 7.71. The van der Waals surface area contributed by atoms with Gasteiger partial charge in [0.1, 0.15) is 0 Å². The lowest BCUT2D eigenvalue weighted by Gasteiger charge is -2.12. The van der Waals surface area contributed by atoms with E-state index < -0.39 is 0 Å². The number of thioether (sulfide) groups is 1. The van der Waals surface area contributed by atoms with Crippen LogP contribution in [-0.4, -0.2) is 14.8 Å². The standard InChI is InChI=1S/C18H16BrN3S/c19-15-10-8-13(9-11-15)16-7-4-12-22-17(20-21-18(22)23-16)14-5-2-1-3-6-14/h1-3,5-6,8-11,16H,4,7,12H2. The Kier molecular flexibility index (Phi) is 4.23. The summed E-state index contributed by atoms with van der Waals surface area (Å²) < 4.78 is 3.38. The molecule has 2 aromatic carbocycles. The van der Waals surface area contributed by atoms with E-state index in [-0.39, 0.29) is 0 Å². The summed E-state index contributed by atoms with van der Waals surface area (Å²) in [6.07, 6.45) is 2.29. The number of benzene rings is 2. The normalized spacial score (nSPS) is 17.5. The van der Waals surface area contributed by atoms with E-state index >= 15 is 0 Å². The van der Waals surface area contributed by atoms with Gasteiger partial charge in [-0.15, -0.1) is 10.2 Å². The first-order valence-corrected chi connectivity index (χ1v) is 9.39. The minimum atomic E-state index is 0.442. The average Bonchev–Trinajstić information content (AvgIpc) is 2.86. The minimum Gasteiger partial charge on any atom is -0.302 e. The predicted octanol–water partition coefficient (Wildman–Crippen LogP) is 5.33. The molecule has 3 aromatic rings. The third-order valence-corrected chi connectivity index (χ3v) is 5.92. The van der Waals surface area contributed by atoms with E-state index in [1.807, 2.05) is 30.0 Å². The Morgan fingerprint density at radius 2 is 1.78 bits per heavy atom. The molecule has 0 amide bonds. The van der Waals surface area contributed by atoms with E-state index in [0.717, 1.165) is 40.4 Å². The van der Waals surface area contributed by atoms with Crippen molar-refractivity contribution in [2.24, 2.45) is 0 Å². The molecule has 5 heteroatoms. The van der Waals surface area contributed by atoms with Crippen molar-refractivity contribution in [3.8, 4) is 11.4 Å². The van der Waals surface area contributed by atoms with Gasteiger partial charge in [-0.05, 0) is 30.5 Å². The summed E-state index contributed by atoms with van der Waals surface area (Å²) in [5.74, 6) is 0.976. The maximum Gasteiger partial charge on any atom is 0.192 e. The molecule has 0 aliphatic carbocycles. The molecule has 23 heavy (non-hydrogen) atoms. The highest BCUT2D eigenvalue weighted by atomic mass is 79.9. The number of halogens is 1. The van der Waals surface area contributed by atoms with Gasteiger partial charge >= 0.3 is 0 Å². The third kappa shape index (κ3) is 3.08. The molecule has 1 aliphatic rings. The predicted molar refractivity (Wildman–Crippen MR) is 97.4 cm³/mol. The lowest BCUT2D eigenvalue weighted by Crippen LogP contribution is -2.00. The number of aromatic nitrogens is 3. The summed E-state index contributed by atoms with van der Waals surface area (Å²) in [6, 6.07) is 18.9. The molecule has 0 bridgehead atoms. The van der Waals surface area contributed by atoms with E-state index in [4.69, 9.17) is 0 Å². The Bertz CT molecular complexity index is 799. The Morgan fingerprint density at radius 1 is 1.00 bits per heavy atom. The van der Waals surface area contributed by atoms with Crippen molar-refractivity contribution in [1.82, 2.24) is 14.8 Å². The Hall–Kier alpha value is -1.59. The van der Waals surface area contributed by atoms with Gasteiger partial charge in [0.05, 0.1) is 0 Å². The topological polar surface area (TPSA) is 30.7 Å². The minimum absolute atomic E-state index is 0.442. The molecule has 3 nitrogen and oxygen atoms in total. The van der Waals surface area contributed by atoms with Crippen molar-refractivity contribution in [3.63, 3.8) is 0 Å². The van der Waals surface area contributed by atoms with Crippen LogP contribution in [0.2, 0.25) is 0 Å². The third-order valence-electron chi connectivity index (χ3n) is 4.09. The van der Waals surface area contributed by atoms with Crippen LogP contribution in [0.15, 0.2) is 64.2 Å². The van der Waals surface area contributed by atoms with Crippen molar-refractivity contribution in [1.29, 1.82) is 0 Å². The maximum atomic E-state index is 4.45. The fraction of sp³-hybridized carbons (Fsp3) is 0.222. The highest BCUT2D eigenvalue weighted by Crippen LogP contribution is 2.41. The van der Waals surface area contributed by atoms with Gasteiger partial charge in [0.2, 0.25) is 0 Å². The number of fused-ring (bicyclic) bond motifs is 1. The summed E-state index contributed by atoms with van der Waals surface area (Å²) >= 11 is 5.33. The average molecular weight is 386 g/mol. The molecule has 116 valence electrons. The van der Waals surface area contributed by atoms with Crippen LogP contribution < -0.4 is 0 Å². The summed E-state index contributed by atoms with van der Waals surface area (Å²) in [5, 5.41) is 10.4. The molecule has 4 rings (SSSR count). The number of rotatable bonds is 2. The van der Waals surface area contributed by atoms with Crippen molar-refractivity contribution in [2.45, 2.75) is 29.8 Å². The molecule has 0 saturated carbocycles. The van der Waals surface area contributed by atoms with Gasteiger partial charge in [0.15, 0.2) is 11.0 Å². The van der Waals surface area contributed by atoms with Crippen LogP contribution in [0.4, 0.5) is 0 Å². The monoisotopic (exact) mass is 385 g/mol. The summed E-state index contributed by atoms with van der Waals surface area (Å²) in [6.45, 7) is 0.979. The molecule has 0 fully saturated rings. The van der Waals surface area contributed by atoms with Gasteiger partial charge in [0.25, 0.3) is 0 Å². The highest BCUT2D eigenvalue weighted by molar-refractivity contribution is 9.10. The molecule has 0 saturated heterocycles. The van der Waals surface area contributed by atoms with Crippen molar-refractivity contribution in [2.75, 3.05) is 0 Å². The van der Waals surface area contributed by atoms with E-state index in [2.05, 4.69) is 67.1 Å². The molecule has 1 aromatic heterocycles. The molecular formula is C18H16BrN3S. The highest BCUT2D eigenvalue weighted by Gasteiger charge is 2.23. The lowest BCUT2D eigenvalue weighted by molar-refractivity contribution is 0.591. The Balaban J connectivity index is 1.66. The molecule has 1 unspecified atom stereocenters. The quantitative estimate of drug-likeness (QED) is 0.596. The fourth-order valence-electron chi connectivity index (χ4n) is 2.91. The number of hydrogen-bond donors (Lipinski definition) is 0. The van der Waals surface area contributed by atoms with E-state index in [9.17, 15) is 0 Å². The second kappa shape index (κ2) is 6.49. The summed E-state index contributed by atoms with van der Waals surface area (Å²) in [5.41, 5.74) is 2.49. The largest absolute Gasteiger partial charge is 0.302 e. The fourth-order valence-corrected chi connectivity index (χ4v) is 4.40. The SMILES string of the molecule is Brc1ccc(C2CCCn3c(nnc3-c3ccccc3)S2)cc1. The van der Waals surface area contributed by atoms with Gasteiger partial charge in [-0.2, -0.15) is 0 Å². The molecule has 0 N–H and O–H groups in total. The number of hydrogen-bond acceptors (Lipinski definition) is 3. The zero-order valence-electron chi connectivity index (χ0n) is 12.5. The second-order valence-electron chi connectivity index (χ2n) is 5.62. The van der Waals surface area contributed by atoms with Gasteiger partial charge in [-0.3, -0.25) is 0 Å². The first-order chi connectivity index (χ1) is 11.3. The van der Waals surface area contributed by atoms with Crippen LogP contribution in [0.1, 0.15) is 23.7 Å². The van der Waals surface area contributed by atoms with Gasteiger partial charge in [-0.25, -0.2) is 0 Å². The van der Waals surface area contributed by atoms with E-state index in [1.54, 1.807) is 0 Å². The van der Waals surface area contributed by atoms with Crippen LogP contribution in [-0.2, 0) is 6.54 Å². The molecule has 1 aliphatic heterocycles. The summed E-state index contributed by atoms with van der Waals surface area (Å²) in [4.78, 5) is 0. The first kappa shape index (κ1) is 15.0. The Labute approximate surface area is 148 Å². The molecule has 0 spiro atoms.